The first-order valence-corrected chi connectivity index (χ1v) is 5.91. The van der Waals surface area contributed by atoms with E-state index in [2.05, 4.69) is 17.6 Å². The molecule has 1 aliphatic heterocycles. The molecule has 0 radical (unpaired) electrons. The van der Waals surface area contributed by atoms with Gasteiger partial charge >= 0.3 is 0 Å². The molecule has 1 amide bonds. The molecular formula is C9H12N2OS2. The average molecular weight is 228 g/mol. The second kappa shape index (κ2) is 3.90. The Hall–Kier alpha value is -0.550. The third-order valence-electron chi connectivity index (χ3n) is 2.21. The van der Waals surface area contributed by atoms with Crippen LogP contribution in [-0.4, -0.2) is 27.6 Å². The summed E-state index contributed by atoms with van der Waals surface area (Å²) in [5.74, 6) is 0.190. The number of aromatic nitrogens is 1. The Labute approximate surface area is 92.6 Å². The van der Waals surface area contributed by atoms with E-state index in [0.29, 0.717) is 13.0 Å². The fourth-order valence-electron chi connectivity index (χ4n) is 1.58. The molecule has 1 saturated heterocycles. The maximum absolute atomic E-state index is 11.4. The van der Waals surface area contributed by atoms with Crippen LogP contribution in [0.15, 0.2) is 5.38 Å². The number of amides is 1. The lowest BCUT2D eigenvalue weighted by Gasteiger charge is -2.13. The molecule has 1 fully saturated rings. The van der Waals surface area contributed by atoms with Crippen molar-refractivity contribution in [2.45, 2.75) is 25.1 Å². The molecule has 3 nitrogen and oxygen atoms in total. The van der Waals surface area contributed by atoms with Gasteiger partial charge in [0, 0.05) is 23.6 Å². The molecule has 0 saturated carbocycles. The summed E-state index contributed by atoms with van der Waals surface area (Å²) in [7, 11) is 0. The zero-order valence-electron chi connectivity index (χ0n) is 7.93. The van der Waals surface area contributed by atoms with E-state index in [1.807, 2.05) is 17.2 Å². The van der Waals surface area contributed by atoms with Crippen molar-refractivity contribution in [2.24, 2.45) is 0 Å². The van der Waals surface area contributed by atoms with E-state index in [0.717, 1.165) is 17.2 Å². The predicted molar refractivity (Wildman–Crippen MR) is 59.7 cm³/mol. The molecule has 1 unspecified atom stereocenters. The van der Waals surface area contributed by atoms with Gasteiger partial charge in [-0.05, 0) is 6.92 Å². The first-order valence-electron chi connectivity index (χ1n) is 4.52. The summed E-state index contributed by atoms with van der Waals surface area (Å²) in [6.07, 6.45) is 0.562. The number of aryl methyl sites for hydroxylation is 1. The lowest BCUT2D eigenvalue weighted by molar-refractivity contribution is -0.128. The Bertz CT molecular complexity index is 350. The van der Waals surface area contributed by atoms with Gasteiger partial charge in [-0.25, -0.2) is 4.98 Å². The van der Waals surface area contributed by atoms with Gasteiger partial charge in [-0.2, -0.15) is 12.6 Å². The van der Waals surface area contributed by atoms with Crippen molar-refractivity contribution in [2.75, 3.05) is 6.54 Å². The summed E-state index contributed by atoms with van der Waals surface area (Å²) in [6, 6.07) is 0. The minimum Gasteiger partial charge on any atom is -0.336 e. The topological polar surface area (TPSA) is 33.2 Å². The number of hydrogen-bond acceptors (Lipinski definition) is 4. The smallest absolute Gasteiger partial charge is 0.224 e. The van der Waals surface area contributed by atoms with Crippen LogP contribution in [0.3, 0.4) is 0 Å². The maximum Gasteiger partial charge on any atom is 0.224 e. The fourth-order valence-corrected chi connectivity index (χ4v) is 2.54. The Balaban J connectivity index is 2.01. The number of carbonyl (C=O) groups excluding carboxylic acids is 1. The van der Waals surface area contributed by atoms with Gasteiger partial charge in [0.1, 0.15) is 0 Å². The molecule has 1 atom stereocenters. The summed E-state index contributed by atoms with van der Waals surface area (Å²) in [5, 5.41) is 3.25. The van der Waals surface area contributed by atoms with Crippen LogP contribution in [0.4, 0.5) is 0 Å². The number of thiazole rings is 1. The minimum atomic E-state index is 0.190. The van der Waals surface area contributed by atoms with Crippen molar-refractivity contribution >= 4 is 29.9 Å². The van der Waals surface area contributed by atoms with Crippen LogP contribution in [0.1, 0.15) is 17.1 Å². The van der Waals surface area contributed by atoms with Gasteiger partial charge in [0.15, 0.2) is 0 Å². The summed E-state index contributed by atoms with van der Waals surface area (Å²) in [5.41, 5.74) is 0.989. The Morgan fingerprint density at radius 1 is 1.79 bits per heavy atom. The van der Waals surface area contributed by atoms with Crippen LogP contribution in [0, 0.1) is 6.92 Å². The van der Waals surface area contributed by atoms with Crippen LogP contribution in [-0.2, 0) is 11.3 Å². The van der Waals surface area contributed by atoms with Crippen molar-refractivity contribution in [3.05, 3.63) is 16.1 Å². The van der Waals surface area contributed by atoms with Gasteiger partial charge in [-0.15, -0.1) is 11.3 Å². The Kier molecular flexibility index (Phi) is 2.78. The normalized spacial score (nSPS) is 22.0. The molecule has 0 spiro atoms. The molecule has 5 heteroatoms. The molecule has 2 heterocycles. The third kappa shape index (κ3) is 2.09. The van der Waals surface area contributed by atoms with Crippen LogP contribution in [0.5, 0.6) is 0 Å². The van der Waals surface area contributed by atoms with Crippen LogP contribution in [0.2, 0.25) is 0 Å². The SMILES string of the molecule is Cc1nc(CN2CC(S)CC2=O)cs1. The quantitative estimate of drug-likeness (QED) is 0.778. The second-order valence-corrected chi connectivity index (χ2v) is 5.28. The van der Waals surface area contributed by atoms with Crippen molar-refractivity contribution in [1.82, 2.24) is 9.88 Å². The largest absolute Gasteiger partial charge is 0.336 e. The third-order valence-corrected chi connectivity index (χ3v) is 3.38. The van der Waals surface area contributed by atoms with E-state index in [4.69, 9.17) is 0 Å². The van der Waals surface area contributed by atoms with Crippen molar-refractivity contribution < 1.29 is 4.79 Å². The van der Waals surface area contributed by atoms with E-state index in [-0.39, 0.29) is 11.2 Å². The number of thiol groups is 1. The van der Waals surface area contributed by atoms with E-state index >= 15 is 0 Å². The number of carbonyl (C=O) groups is 1. The lowest BCUT2D eigenvalue weighted by Crippen LogP contribution is -2.24. The van der Waals surface area contributed by atoms with E-state index in [1.54, 1.807) is 11.3 Å². The highest BCUT2D eigenvalue weighted by Crippen LogP contribution is 2.19. The average Bonchev–Trinajstić information content (AvgIpc) is 2.61. The van der Waals surface area contributed by atoms with Crippen LogP contribution >= 0.6 is 24.0 Å². The summed E-state index contributed by atoms with van der Waals surface area (Å²) in [6.45, 7) is 3.36. The first kappa shape index (κ1) is 9.98. The lowest BCUT2D eigenvalue weighted by atomic mass is 10.4. The summed E-state index contributed by atoms with van der Waals surface area (Å²) in [4.78, 5) is 17.6. The standard InChI is InChI=1S/C9H12N2OS2/c1-6-10-7(5-14-6)3-11-4-8(13)2-9(11)12/h5,8,13H,2-4H2,1H3. The molecule has 1 aliphatic rings. The highest BCUT2D eigenvalue weighted by atomic mass is 32.1. The van der Waals surface area contributed by atoms with Crippen LogP contribution in [0.25, 0.3) is 0 Å². The summed E-state index contributed by atoms with van der Waals surface area (Å²) >= 11 is 5.92. The predicted octanol–water partition coefficient (Wildman–Crippen LogP) is 1.48. The number of hydrogen-bond donors (Lipinski definition) is 1. The van der Waals surface area contributed by atoms with Gasteiger partial charge < -0.3 is 4.90 Å². The van der Waals surface area contributed by atoms with Gasteiger partial charge in [0.05, 0.1) is 17.2 Å². The van der Waals surface area contributed by atoms with Gasteiger partial charge in [-0.3, -0.25) is 4.79 Å². The van der Waals surface area contributed by atoms with Gasteiger partial charge in [0.25, 0.3) is 0 Å². The maximum atomic E-state index is 11.4. The molecule has 2 rings (SSSR count). The van der Waals surface area contributed by atoms with E-state index in [9.17, 15) is 4.79 Å². The highest BCUT2D eigenvalue weighted by molar-refractivity contribution is 7.81. The van der Waals surface area contributed by atoms with Crippen molar-refractivity contribution in [1.29, 1.82) is 0 Å². The van der Waals surface area contributed by atoms with Crippen molar-refractivity contribution in [3.63, 3.8) is 0 Å². The molecule has 0 aliphatic carbocycles. The van der Waals surface area contributed by atoms with E-state index in [1.165, 1.54) is 0 Å². The number of likely N-dealkylation sites (tertiary alicyclic amines) is 1. The zero-order valence-corrected chi connectivity index (χ0v) is 9.65. The minimum absolute atomic E-state index is 0.190. The van der Waals surface area contributed by atoms with Crippen LogP contribution < -0.4 is 0 Å². The molecule has 0 N–H and O–H groups in total. The Morgan fingerprint density at radius 2 is 2.57 bits per heavy atom. The molecule has 1 aromatic heterocycles. The molecule has 76 valence electrons. The monoisotopic (exact) mass is 228 g/mol. The number of nitrogens with zero attached hydrogens (tertiary/aromatic N) is 2. The Morgan fingerprint density at radius 3 is 3.07 bits per heavy atom. The molecule has 0 bridgehead atoms. The summed E-state index contributed by atoms with van der Waals surface area (Å²) < 4.78 is 0. The van der Waals surface area contributed by atoms with Gasteiger partial charge in [-0.1, -0.05) is 0 Å². The van der Waals surface area contributed by atoms with Crippen molar-refractivity contribution in [3.8, 4) is 0 Å². The molecule has 0 aromatic carbocycles. The zero-order chi connectivity index (χ0) is 10.1. The van der Waals surface area contributed by atoms with E-state index < -0.39 is 0 Å². The fraction of sp³-hybridized carbons (Fsp3) is 0.556. The number of rotatable bonds is 2. The molecule has 1 aromatic rings. The molecular weight excluding hydrogens is 216 g/mol. The first-order chi connectivity index (χ1) is 6.65. The molecule has 14 heavy (non-hydrogen) atoms. The van der Waals surface area contributed by atoms with Gasteiger partial charge in [0.2, 0.25) is 5.91 Å². The second-order valence-electron chi connectivity index (χ2n) is 3.49. The highest BCUT2D eigenvalue weighted by Gasteiger charge is 2.27.